The van der Waals surface area contributed by atoms with Crippen molar-refractivity contribution < 1.29 is 0 Å². The van der Waals surface area contributed by atoms with Crippen LogP contribution in [0.5, 0.6) is 0 Å². The molecule has 1 N–H and O–H groups in total. The molecule has 1 unspecified atom stereocenters. The van der Waals surface area contributed by atoms with Gasteiger partial charge in [0.25, 0.3) is 0 Å². The monoisotopic (exact) mass is 273 g/mol. The highest BCUT2D eigenvalue weighted by molar-refractivity contribution is 7.98. The quantitative estimate of drug-likeness (QED) is 0.682. The Labute approximate surface area is 118 Å². The van der Waals surface area contributed by atoms with E-state index in [-0.39, 0.29) is 0 Å². The molecule has 108 valence electrons. The van der Waals surface area contributed by atoms with Crippen molar-refractivity contribution in [2.24, 2.45) is 0 Å². The topological polar surface area (TPSA) is 18.5 Å². The van der Waals surface area contributed by atoms with Crippen LogP contribution >= 0.6 is 11.8 Å². The fourth-order valence-corrected chi connectivity index (χ4v) is 3.45. The highest BCUT2D eigenvalue weighted by Gasteiger charge is 2.19. The lowest BCUT2D eigenvalue weighted by molar-refractivity contribution is 0.169. The Balaban J connectivity index is 2.27. The smallest absolute Gasteiger partial charge is 0.0441 e. The van der Waals surface area contributed by atoms with Crippen molar-refractivity contribution >= 4 is 11.8 Å². The molecule has 1 heterocycles. The number of nitrogens with zero attached hydrogens (tertiary/aromatic N) is 2. The van der Waals surface area contributed by atoms with Crippen molar-refractivity contribution in [1.29, 1.82) is 0 Å². The fraction of sp³-hybridized carbons (Fsp3) is 1.00. The molecule has 1 rings (SSSR count). The van der Waals surface area contributed by atoms with E-state index in [0.29, 0.717) is 0 Å². The van der Waals surface area contributed by atoms with Crippen LogP contribution in [-0.4, -0.2) is 67.7 Å². The van der Waals surface area contributed by atoms with Crippen LogP contribution in [-0.2, 0) is 0 Å². The lowest BCUT2D eigenvalue weighted by Gasteiger charge is -2.34. The van der Waals surface area contributed by atoms with E-state index in [1.54, 1.807) is 0 Å². The summed E-state index contributed by atoms with van der Waals surface area (Å²) in [6, 6.07) is 1.54. The maximum Gasteiger partial charge on any atom is 0.0441 e. The summed E-state index contributed by atoms with van der Waals surface area (Å²) < 4.78 is 0. The van der Waals surface area contributed by atoms with E-state index in [0.717, 1.165) is 18.0 Å². The first-order chi connectivity index (χ1) is 8.69. The minimum atomic E-state index is 0.738. The van der Waals surface area contributed by atoms with Gasteiger partial charge in [-0.05, 0) is 65.7 Å². The molecular weight excluding hydrogens is 242 g/mol. The molecule has 0 spiro atoms. The molecule has 0 aromatic carbocycles. The number of thioether (sulfide) groups is 1. The van der Waals surface area contributed by atoms with Crippen LogP contribution in [0.1, 0.15) is 32.6 Å². The van der Waals surface area contributed by atoms with Crippen LogP contribution in [0.4, 0.5) is 0 Å². The minimum absolute atomic E-state index is 0.738. The van der Waals surface area contributed by atoms with E-state index < -0.39 is 0 Å². The molecule has 0 aromatic rings. The Morgan fingerprint density at radius 3 is 2.50 bits per heavy atom. The second-order valence-corrected chi connectivity index (χ2v) is 6.32. The molecule has 1 atom stereocenters. The van der Waals surface area contributed by atoms with Crippen LogP contribution in [0, 0.1) is 0 Å². The predicted octanol–water partition coefficient (Wildman–Crippen LogP) is 2.09. The Hall–Kier alpha value is 0.230. The van der Waals surface area contributed by atoms with E-state index in [2.05, 4.69) is 42.4 Å². The highest BCUT2D eigenvalue weighted by Crippen LogP contribution is 2.14. The van der Waals surface area contributed by atoms with Crippen molar-refractivity contribution in [3.63, 3.8) is 0 Å². The normalized spacial score (nSPS) is 19.7. The number of hydrogen-bond acceptors (Lipinski definition) is 4. The molecule has 0 radical (unpaired) electrons. The Morgan fingerprint density at radius 1 is 1.28 bits per heavy atom. The van der Waals surface area contributed by atoms with Crippen molar-refractivity contribution in [3.8, 4) is 0 Å². The van der Waals surface area contributed by atoms with Gasteiger partial charge in [0.1, 0.15) is 0 Å². The first-order valence-corrected chi connectivity index (χ1v) is 8.68. The summed E-state index contributed by atoms with van der Waals surface area (Å²) in [5, 5.41) is 3.44. The molecule has 0 aliphatic carbocycles. The van der Waals surface area contributed by atoms with Crippen LogP contribution in [0.3, 0.4) is 0 Å². The average Bonchev–Trinajstić information content (AvgIpc) is 2.40. The Bertz CT molecular complexity index is 207. The molecule has 4 heteroatoms. The number of hydrogen-bond donors (Lipinski definition) is 1. The molecule has 0 aromatic heterocycles. The summed E-state index contributed by atoms with van der Waals surface area (Å²) >= 11 is 1.92. The van der Waals surface area contributed by atoms with Gasteiger partial charge in [0, 0.05) is 18.0 Å². The van der Waals surface area contributed by atoms with Gasteiger partial charge in [0.05, 0.1) is 0 Å². The van der Waals surface area contributed by atoms with Crippen molar-refractivity contribution in [2.45, 2.75) is 44.7 Å². The molecule has 1 saturated heterocycles. The second-order valence-electron chi connectivity index (χ2n) is 5.49. The molecular formula is C14H31N3S. The van der Waals surface area contributed by atoms with Gasteiger partial charge in [-0.1, -0.05) is 6.92 Å². The summed E-state index contributed by atoms with van der Waals surface area (Å²) in [6.07, 6.45) is 7.37. The van der Waals surface area contributed by atoms with Gasteiger partial charge in [0.15, 0.2) is 0 Å². The largest absolute Gasteiger partial charge is 0.317 e. The van der Waals surface area contributed by atoms with Crippen LogP contribution in [0.25, 0.3) is 0 Å². The van der Waals surface area contributed by atoms with Gasteiger partial charge in [-0.2, -0.15) is 0 Å². The molecule has 1 fully saturated rings. The summed E-state index contributed by atoms with van der Waals surface area (Å²) in [6.45, 7) is 5.94. The summed E-state index contributed by atoms with van der Waals surface area (Å²) in [4.78, 5) is 5.08. The molecule has 18 heavy (non-hydrogen) atoms. The van der Waals surface area contributed by atoms with E-state index in [9.17, 15) is 0 Å². The standard InChI is InChI=1S/C14H31N3S/c1-5-13(17(3)12-18-4)8-11-16(2)14-6-9-15-10-7-14/h13-15H,5-12H2,1-4H3. The third-order valence-corrected chi connectivity index (χ3v) is 4.84. The average molecular weight is 273 g/mol. The van der Waals surface area contributed by atoms with Crippen LogP contribution in [0.15, 0.2) is 0 Å². The van der Waals surface area contributed by atoms with Gasteiger partial charge < -0.3 is 10.2 Å². The Kier molecular flexibility index (Phi) is 8.31. The third kappa shape index (κ3) is 5.47. The third-order valence-electron chi connectivity index (χ3n) is 4.17. The number of rotatable bonds is 8. The molecule has 0 bridgehead atoms. The van der Waals surface area contributed by atoms with Crippen molar-refractivity contribution in [3.05, 3.63) is 0 Å². The van der Waals surface area contributed by atoms with Gasteiger partial charge in [0.2, 0.25) is 0 Å². The minimum Gasteiger partial charge on any atom is -0.317 e. The maximum atomic E-state index is 3.44. The zero-order chi connectivity index (χ0) is 13.4. The van der Waals surface area contributed by atoms with Gasteiger partial charge >= 0.3 is 0 Å². The fourth-order valence-electron chi connectivity index (χ4n) is 2.83. The van der Waals surface area contributed by atoms with Gasteiger partial charge in [-0.15, -0.1) is 11.8 Å². The summed E-state index contributed by atoms with van der Waals surface area (Å²) in [5.41, 5.74) is 0. The van der Waals surface area contributed by atoms with E-state index in [1.165, 1.54) is 45.3 Å². The van der Waals surface area contributed by atoms with Gasteiger partial charge in [-0.25, -0.2) is 0 Å². The first kappa shape index (κ1) is 16.3. The zero-order valence-corrected chi connectivity index (χ0v) is 13.4. The van der Waals surface area contributed by atoms with E-state index >= 15 is 0 Å². The molecule has 1 aliphatic heterocycles. The molecule has 0 amide bonds. The number of nitrogens with one attached hydrogen (secondary N) is 1. The zero-order valence-electron chi connectivity index (χ0n) is 12.6. The van der Waals surface area contributed by atoms with Crippen LogP contribution in [0.2, 0.25) is 0 Å². The Morgan fingerprint density at radius 2 is 1.94 bits per heavy atom. The summed E-state index contributed by atoms with van der Waals surface area (Å²) in [5.74, 6) is 1.15. The lowest BCUT2D eigenvalue weighted by Crippen LogP contribution is -2.43. The maximum absolute atomic E-state index is 3.44. The van der Waals surface area contributed by atoms with E-state index in [4.69, 9.17) is 0 Å². The molecule has 0 saturated carbocycles. The highest BCUT2D eigenvalue weighted by atomic mass is 32.2. The van der Waals surface area contributed by atoms with Crippen LogP contribution < -0.4 is 5.32 Å². The number of piperidine rings is 1. The molecule has 3 nitrogen and oxygen atoms in total. The van der Waals surface area contributed by atoms with Crippen molar-refractivity contribution in [2.75, 3.05) is 45.9 Å². The predicted molar refractivity (Wildman–Crippen MR) is 83.4 cm³/mol. The second kappa shape index (κ2) is 9.18. The van der Waals surface area contributed by atoms with E-state index in [1.807, 2.05) is 11.8 Å². The molecule has 1 aliphatic rings. The van der Waals surface area contributed by atoms with Gasteiger partial charge in [-0.3, -0.25) is 4.90 Å². The first-order valence-electron chi connectivity index (χ1n) is 7.29. The SMILES string of the molecule is CCC(CCN(C)C1CCNCC1)N(C)CSC. The summed E-state index contributed by atoms with van der Waals surface area (Å²) in [7, 11) is 4.56. The van der Waals surface area contributed by atoms with Crippen molar-refractivity contribution in [1.82, 2.24) is 15.1 Å². The lowest BCUT2D eigenvalue weighted by atomic mass is 10.0.